The molecule has 0 aliphatic rings. The molecule has 1 amide bonds. The molecule has 5 heteroatoms. The maximum Gasteiger partial charge on any atom is 0.268 e. The van der Waals surface area contributed by atoms with Crippen molar-refractivity contribution in [3.05, 3.63) is 89.6 Å². The average molecular weight is 345 g/mol. The highest BCUT2D eigenvalue weighted by Gasteiger charge is 2.18. The second-order valence-corrected chi connectivity index (χ2v) is 6.25. The third-order valence-corrected chi connectivity index (χ3v) is 4.55. The van der Waals surface area contributed by atoms with Crippen LogP contribution in [0.15, 0.2) is 71.6 Å². The Kier molecular flexibility index (Phi) is 4.27. The fourth-order valence-electron chi connectivity index (χ4n) is 3.07. The second-order valence-electron chi connectivity index (χ2n) is 6.25. The van der Waals surface area contributed by atoms with Gasteiger partial charge in [0, 0.05) is 37.6 Å². The van der Waals surface area contributed by atoms with Crippen molar-refractivity contribution < 1.29 is 9.21 Å². The van der Waals surface area contributed by atoms with E-state index >= 15 is 0 Å². The van der Waals surface area contributed by atoms with Gasteiger partial charge < -0.3 is 14.3 Å². The summed E-state index contributed by atoms with van der Waals surface area (Å²) in [6.07, 6.45) is 5.09. The van der Waals surface area contributed by atoms with E-state index in [1.165, 1.54) is 11.1 Å². The number of hydrogen-bond acceptors (Lipinski definition) is 3. The molecule has 0 atom stereocenters. The Balaban J connectivity index is 1.63. The quantitative estimate of drug-likeness (QED) is 0.596. The molecule has 0 saturated heterocycles. The third kappa shape index (κ3) is 3.11. The predicted octanol–water partition coefficient (Wildman–Crippen LogP) is 3.92. The zero-order valence-corrected chi connectivity index (χ0v) is 14.5. The lowest BCUT2D eigenvalue weighted by atomic mass is 10.1. The molecule has 0 radical (unpaired) electrons. The Hall–Kier alpha value is -3.34. The number of amides is 1. The number of nitrogens with one attached hydrogen (secondary N) is 1. The number of benzene rings is 1. The summed E-state index contributed by atoms with van der Waals surface area (Å²) >= 11 is 0. The van der Waals surface area contributed by atoms with Gasteiger partial charge in [0.1, 0.15) is 5.69 Å². The minimum atomic E-state index is -0.123. The summed E-state index contributed by atoms with van der Waals surface area (Å²) in [6.45, 7) is 3.15. The molecule has 4 rings (SSSR count). The molecule has 5 nitrogen and oxygen atoms in total. The van der Waals surface area contributed by atoms with Gasteiger partial charge in [-0.3, -0.25) is 9.78 Å². The van der Waals surface area contributed by atoms with Crippen LogP contribution < -0.4 is 5.32 Å². The Morgan fingerprint density at radius 3 is 2.77 bits per heavy atom. The van der Waals surface area contributed by atoms with E-state index in [-0.39, 0.29) is 5.91 Å². The minimum Gasteiger partial charge on any atom is -0.463 e. The number of aromatic nitrogens is 2. The maximum absolute atomic E-state index is 12.8. The van der Waals surface area contributed by atoms with Crippen molar-refractivity contribution in [1.82, 2.24) is 14.9 Å². The molecule has 0 unspecified atom stereocenters. The number of furan rings is 1. The molecule has 130 valence electrons. The Morgan fingerprint density at radius 1 is 1.15 bits per heavy atom. The van der Waals surface area contributed by atoms with Crippen LogP contribution in [0.25, 0.3) is 11.1 Å². The van der Waals surface area contributed by atoms with Crippen molar-refractivity contribution in [3.8, 4) is 0 Å². The largest absolute Gasteiger partial charge is 0.463 e. The van der Waals surface area contributed by atoms with Gasteiger partial charge in [0.25, 0.3) is 5.91 Å². The first-order valence-electron chi connectivity index (χ1n) is 8.51. The van der Waals surface area contributed by atoms with Gasteiger partial charge in [-0.2, -0.15) is 0 Å². The van der Waals surface area contributed by atoms with Crippen LogP contribution in [0.2, 0.25) is 0 Å². The number of rotatable bonds is 5. The Morgan fingerprint density at radius 2 is 1.96 bits per heavy atom. The highest BCUT2D eigenvalue weighted by molar-refractivity contribution is 5.97. The molecule has 0 fully saturated rings. The summed E-state index contributed by atoms with van der Waals surface area (Å²) in [5.74, 6) is -0.123. The molecule has 0 aliphatic carbocycles. The van der Waals surface area contributed by atoms with E-state index in [0.717, 1.165) is 11.1 Å². The van der Waals surface area contributed by atoms with E-state index in [9.17, 15) is 4.79 Å². The molecule has 0 aliphatic heterocycles. The van der Waals surface area contributed by atoms with E-state index in [4.69, 9.17) is 4.42 Å². The zero-order chi connectivity index (χ0) is 17.9. The minimum absolute atomic E-state index is 0.123. The van der Waals surface area contributed by atoms with E-state index in [1.54, 1.807) is 24.7 Å². The third-order valence-electron chi connectivity index (χ3n) is 4.55. The molecular formula is C21H19N3O2. The Bertz CT molecular complexity index is 1050. The molecule has 3 heterocycles. The maximum atomic E-state index is 12.8. The summed E-state index contributed by atoms with van der Waals surface area (Å²) in [5.41, 5.74) is 5.61. The van der Waals surface area contributed by atoms with Gasteiger partial charge in [-0.1, -0.05) is 24.3 Å². The van der Waals surface area contributed by atoms with Gasteiger partial charge in [0.15, 0.2) is 5.58 Å². The zero-order valence-electron chi connectivity index (χ0n) is 14.5. The summed E-state index contributed by atoms with van der Waals surface area (Å²) in [4.78, 5) is 16.8. The van der Waals surface area contributed by atoms with E-state index in [2.05, 4.69) is 29.4 Å². The van der Waals surface area contributed by atoms with Crippen molar-refractivity contribution in [2.45, 2.75) is 20.0 Å². The topological polar surface area (TPSA) is 60.1 Å². The van der Waals surface area contributed by atoms with Crippen LogP contribution in [-0.2, 0) is 13.1 Å². The first-order chi connectivity index (χ1) is 12.7. The highest BCUT2D eigenvalue weighted by Crippen LogP contribution is 2.23. The molecule has 4 aromatic rings. The van der Waals surface area contributed by atoms with Gasteiger partial charge in [-0.05, 0) is 35.7 Å². The number of carbonyl (C=O) groups is 1. The van der Waals surface area contributed by atoms with Gasteiger partial charge >= 0.3 is 0 Å². The average Bonchev–Trinajstić information content (AvgIpc) is 3.25. The number of nitrogens with zero attached hydrogens (tertiary/aromatic N) is 2. The summed E-state index contributed by atoms with van der Waals surface area (Å²) < 4.78 is 7.51. The summed E-state index contributed by atoms with van der Waals surface area (Å²) in [7, 11) is 0. The number of aryl methyl sites for hydroxylation is 1. The standard InChI is InChI=1S/C21H19N3O2/c1-15-4-2-3-5-17(15)14-24-18-8-11-26-20(18)12-19(24)21(25)23-13-16-6-9-22-10-7-16/h2-12H,13-14H2,1H3,(H,23,25). The lowest BCUT2D eigenvalue weighted by Crippen LogP contribution is -2.25. The number of pyridine rings is 1. The monoisotopic (exact) mass is 345 g/mol. The van der Waals surface area contributed by atoms with Crippen molar-refractivity contribution in [3.63, 3.8) is 0 Å². The summed E-state index contributed by atoms with van der Waals surface area (Å²) in [6, 6.07) is 15.7. The predicted molar refractivity (Wildman–Crippen MR) is 99.9 cm³/mol. The molecular weight excluding hydrogens is 326 g/mol. The fraction of sp³-hybridized carbons (Fsp3) is 0.143. The SMILES string of the molecule is Cc1ccccc1Cn1c(C(=O)NCc2ccncc2)cc2occc21. The fourth-order valence-corrected chi connectivity index (χ4v) is 3.07. The van der Waals surface area contributed by atoms with Crippen LogP contribution in [0.5, 0.6) is 0 Å². The molecule has 3 aromatic heterocycles. The molecule has 1 N–H and O–H groups in total. The van der Waals surface area contributed by atoms with Crippen LogP contribution in [0.4, 0.5) is 0 Å². The van der Waals surface area contributed by atoms with Gasteiger partial charge in [0.2, 0.25) is 0 Å². The summed E-state index contributed by atoms with van der Waals surface area (Å²) in [5, 5.41) is 2.98. The molecule has 0 spiro atoms. The molecule has 0 bridgehead atoms. The normalized spacial score (nSPS) is 11.0. The van der Waals surface area contributed by atoms with Crippen LogP contribution in [0.1, 0.15) is 27.2 Å². The molecule has 0 saturated carbocycles. The van der Waals surface area contributed by atoms with E-state index in [1.807, 2.05) is 34.9 Å². The smallest absolute Gasteiger partial charge is 0.268 e. The molecule has 26 heavy (non-hydrogen) atoms. The van der Waals surface area contributed by atoms with Crippen LogP contribution >= 0.6 is 0 Å². The highest BCUT2D eigenvalue weighted by atomic mass is 16.3. The van der Waals surface area contributed by atoms with Crippen molar-refractivity contribution >= 4 is 17.0 Å². The van der Waals surface area contributed by atoms with Crippen LogP contribution in [-0.4, -0.2) is 15.5 Å². The van der Waals surface area contributed by atoms with Crippen molar-refractivity contribution in [1.29, 1.82) is 0 Å². The first kappa shape index (κ1) is 16.1. The lowest BCUT2D eigenvalue weighted by molar-refractivity contribution is 0.0942. The van der Waals surface area contributed by atoms with Crippen molar-refractivity contribution in [2.24, 2.45) is 0 Å². The lowest BCUT2D eigenvalue weighted by Gasteiger charge is -2.12. The number of fused-ring (bicyclic) bond motifs is 1. The van der Waals surface area contributed by atoms with E-state index in [0.29, 0.717) is 24.4 Å². The number of hydrogen-bond donors (Lipinski definition) is 1. The van der Waals surface area contributed by atoms with Gasteiger partial charge in [0.05, 0.1) is 11.8 Å². The second kappa shape index (κ2) is 6.88. The number of carbonyl (C=O) groups excluding carboxylic acids is 1. The van der Waals surface area contributed by atoms with Crippen LogP contribution in [0.3, 0.4) is 0 Å². The van der Waals surface area contributed by atoms with Gasteiger partial charge in [-0.15, -0.1) is 0 Å². The molecule has 1 aromatic carbocycles. The Labute approximate surface area is 151 Å². The van der Waals surface area contributed by atoms with Gasteiger partial charge in [-0.25, -0.2) is 0 Å². The van der Waals surface area contributed by atoms with Crippen molar-refractivity contribution in [2.75, 3.05) is 0 Å². The first-order valence-corrected chi connectivity index (χ1v) is 8.51. The van der Waals surface area contributed by atoms with E-state index < -0.39 is 0 Å². The van der Waals surface area contributed by atoms with Crippen LogP contribution in [0, 0.1) is 6.92 Å².